The molecule has 2 aromatic carbocycles. The number of anilines is 2. The molecule has 148 valence electrons. The van der Waals surface area contributed by atoms with Crippen molar-refractivity contribution in [1.82, 2.24) is 19.5 Å². The molecule has 0 aliphatic rings. The molecule has 2 heterocycles. The lowest BCUT2D eigenvalue weighted by atomic mass is 10.2. The zero-order valence-electron chi connectivity index (χ0n) is 15.5. The van der Waals surface area contributed by atoms with Gasteiger partial charge in [0.15, 0.2) is 0 Å². The molecule has 9 heteroatoms. The fraction of sp³-hybridized carbons (Fsp3) is 0.150. The van der Waals surface area contributed by atoms with Crippen LogP contribution < -0.4 is 10.1 Å². The largest absolute Gasteiger partial charge is 0.457 e. The van der Waals surface area contributed by atoms with Gasteiger partial charge >= 0.3 is 0 Å². The van der Waals surface area contributed by atoms with Gasteiger partial charge in [-0.15, -0.1) is 0 Å². The van der Waals surface area contributed by atoms with E-state index >= 15 is 0 Å². The zero-order valence-corrected chi connectivity index (χ0v) is 17.1. The standard InChI is InChI=1S/C20H16BrF2N5O/c1-11-7-12(27-20-17(21)18(19(22)23)24-9-25-20)3-6-16(11)29-13-4-5-15-14(8-13)26-10-28(15)2/h3-10,19H,1-2H3,(H,24,25,27). The smallest absolute Gasteiger partial charge is 0.281 e. The molecule has 2 aromatic heterocycles. The summed E-state index contributed by atoms with van der Waals surface area (Å²) >= 11 is 3.14. The summed E-state index contributed by atoms with van der Waals surface area (Å²) in [7, 11) is 1.94. The number of alkyl halides is 2. The van der Waals surface area contributed by atoms with Gasteiger partial charge in [0.05, 0.1) is 21.8 Å². The lowest BCUT2D eigenvalue weighted by molar-refractivity contribution is 0.145. The molecule has 0 aliphatic heterocycles. The minimum absolute atomic E-state index is 0.136. The highest BCUT2D eigenvalue weighted by molar-refractivity contribution is 9.10. The Balaban J connectivity index is 1.55. The van der Waals surface area contributed by atoms with Crippen LogP contribution in [0.1, 0.15) is 17.7 Å². The fourth-order valence-corrected chi connectivity index (χ4v) is 3.38. The van der Waals surface area contributed by atoms with E-state index in [-0.39, 0.29) is 16.0 Å². The summed E-state index contributed by atoms with van der Waals surface area (Å²) in [5, 5.41) is 3.03. The number of ether oxygens (including phenoxy) is 1. The van der Waals surface area contributed by atoms with Crippen molar-refractivity contribution in [3.63, 3.8) is 0 Å². The van der Waals surface area contributed by atoms with Crippen LogP contribution in [0.4, 0.5) is 20.3 Å². The van der Waals surface area contributed by atoms with Crippen molar-refractivity contribution in [2.75, 3.05) is 5.32 Å². The van der Waals surface area contributed by atoms with E-state index in [1.54, 1.807) is 12.4 Å². The summed E-state index contributed by atoms with van der Waals surface area (Å²) in [6.45, 7) is 1.90. The van der Waals surface area contributed by atoms with Gasteiger partial charge in [-0.3, -0.25) is 0 Å². The number of aromatic nitrogens is 4. The highest BCUT2D eigenvalue weighted by Crippen LogP contribution is 2.33. The molecule has 4 rings (SSSR count). The SMILES string of the molecule is Cc1cc(Nc2ncnc(C(F)F)c2Br)ccc1Oc1ccc2c(c1)ncn2C. The number of aryl methyl sites for hydroxylation is 2. The molecule has 0 radical (unpaired) electrons. The van der Waals surface area contributed by atoms with Gasteiger partial charge in [0.2, 0.25) is 0 Å². The third-order valence-corrected chi connectivity index (χ3v) is 5.17. The average molecular weight is 460 g/mol. The summed E-state index contributed by atoms with van der Waals surface area (Å²) in [6.07, 6.45) is 0.166. The second kappa shape index (κ2) is 7.75. The van der Waals surface area contributed by atoms with Crippen LogP contribution in [-0.2, 0) is 7.05 Å². The monoisotopic (exact) mass is 459 g/mol. The normalized spacial score (nSPS) is 11.2. The zero-order chi connectivity index (χ0) is 20.5. The van der Waals surface area contributed by atoms with Crippen LogP contribution in [0.25, 0.3) is 11.0 Å². The van der Waals surface area contributed by atoms with Gasteiger partial charge in [0.1, 0.15) is 29.3 Å². The number of nitrogens with one attached hydrogen (secondary N) is 1. The molecule has 0 spiro atoms. The van der Waals surface area contributed by atoms with Crippen molar-refractivity contribution >= 4 is 38.5 Å². The lowest BCUT2D eigenvalue weighted by Gasteiger charge is -2.13. The van der Waals surface area contributed by atoms with Crippen LogP contribution >= 0.6 is 15.9 Å². The van der Waals surface area contributed by atoms with Crippen LogP contribution in [0.5, 0.6) is 11.5 Å². The van der Waals surface area contributed by atoms with E-state index < -0.39 is 6.43 Å². The maximum Gasteiger partial charge on any atom is 0.281 e. The average Bonchev–Trinajstić information content (AvgIpc) is 3.06. The molecule has 0 amide bonds. The molecule has 4 aromatic rings. The summed E-state index contributed by atoms with van der Waals surface area (Å²) in [6, 6.07) is 11.2. The maximum absolute atomic E-state index is 13.0. The van der Waals surface area contributed by atoms with E-state index in [1.165, 1.54) is 0 Å². The van der Waals surface area contributed by atoms with E-state index in [2.05, 4.69) is 36.2 Å². The minimum Gasteiger partial charge on any atom is -0.457 e. The lowest BCUT2D eigenvalue weighted by Crippen LogP contribution is -2.01. The summed E-state index contributed by atoms with van der Waals surface area (Å²) < 4.78 is 34.1. The molecule has 29 heavy (non-hydrogen) atoms. The van der Waals surface area contributed by atoms with Crippen molar-refractivity contribution in [2.24, 2.45) is 7.05 Å². The summed E-state index contributed by atoms with van der Waals surface area (Å²) in [4.78, 5) is 12.0. The molecule has 1 N–H and O–H groups in total. The van der Waals surface area contributed by atoms with Gasteiger partial charge in [0, 0.05) is 18.8 Å². The van der Waals surface area contributed by atoms with Crippen LogP contribution in [-0.4, -0.2) is 19.5 Å². The van der Waals surface area contributed by atoms with E-state index in [9.17, 15) is 8.78 Å². The van der Waals surface area contributed by atoms with Crippen molar-refractivity contribution in [3.05, 3.63) is 64.8 Å². The molecule has 0 unspecified atom stereocenters. The number of benzene rings is 2. The quantitative estimate of drug-likeness (QED) is 0.401. The molecule has 0 saturated carbocycles. The second-order valence-electron chi connectivity index (χ2n) is 6.44. The first-order chi connectivity index (χ1) is 13.9. The third kappa shape index (κ3) is 3.91. The molecule has 0 bridgehead atoms. The number of hydrogen-bond acceptors (Lipinski definition) is 5. The van der Waals surface area contributed by atoms with Crippen LogP contribution in [0.2, 0.25) is 0 Å². The third-order valence-electron chi connectivity index (χ3n) is 4.39. The van der Waals surface area contributed by atoms with Crippen LogP contribution in [0, 0.1) is 6.92 Å². The Morgan fingerprint density at radius 1 is 1.10 bits per heavy atom. The maximum atomic E-state index is 13.0. The van der Waals surface area contributed by atoms with Crippen molar-refractivity contribution in [3.8, 4) is 11.5 Å². The van der Waals surface area contributed by atoms with Crippen molar-refractivity contribution < 1.29 is 13.5 Å². The van der Waals surface area contributed by atoms with Crippen molar-refractivity contribution in [1.29, 1.82) is 0 Å². The minimum atomic E-state index is -2.69. The Kier molecular flexibility index (Phi) is 5.14. The van der Waals surface area contributed by atoms with Gasteiger partial charge in [-0.25, -0.2) is 23.7 Å². The van der Waals surface area contributed by atoms with Gasteiger partial charge < -0.3 is 14.6 Å². The first-order valence-corrected chi connectivity index (χ1v) is 9.47. The van der Waals surface area contributed by atoms with E-state index in [0.717, 1.165) is 22.9 Å². The Morgan fingerprint density at radius 3 is 2.69 bits per heavy atom. The number of nitrogens with zero attached hydrogens (tertiary/aromatic N) is 4. The van der Waals surface area contributed by atoms with Crippen molar-refractivity contribution in [2.45, 2.75) is 13.3 Å². The number of halogens is 3. The fourth-order valence-electron chi connectivity index (χ4n) is 2.91. The molecule has 0 aliphatic carbocycles. The molecule has 6 nitrogen and oxygen atoms in total. The Labute approximate surface area is 173 Å². The van der Waals surface area contributed by atoms with Crippen LogP contribution in [0.3, 0.4) is 0 Å². The van der Waals surface area contributed by atoms with E-state index in [1.807, 2.05) is 48.9 Å². The molecular formula is C20H16BrF2N5O. The van der Waals surface area contributed by atoms with Gasteiger partial charge in [-0.1, -0.05) is 0 Å². The molecule has 0 fully saturated rings. The first kappa shape index (κ1) is 19.3. The van der Waals surface area contributed by atoms with E-state index in [0.29, 0.717) is 17.2 Å². The number of rotatable bonds is 5. The topological polar surface area (TPSA) is 64.9 Å². The molecule has 0 saturated heterocycles. The first-order valence-electron chi connectivity index (χ1n) is 8.67. The molecule has 0 atom stereocenters. The van der Waals surface area contributed by atoms with Gasteiger partial charge in [-0.05, 0) is 58.7 Å². The highest BCUT2D eigenvalue weighted by Gasteiger charge is 2.17. The van der Waals surface area contributed by atoms with Gasteiger partial charge in [0.25, 0.3) is 6.43 Å². The second-order valence-corrected chi connectivity index (χ2v) is 7.23. The number of hydrogen-bond donors (Lipinski definition) is 1. The predicted octanol–water partition coefficient (Wildman–Crippen LogP) is 5.91. The van der Waals surface area contributed by atoms with Crippen LogP contribution in [0.15, 0.2) is 53.5 Å². The Hall–Kier alpha value is -3.07. The molecular weight excluding hydrogens is 444 g/mol. The number of fused-ring (bicyclic) bond motifs is 1. The summed E-state index contributed by atoms with van der Waals surface area (Å²) in [5.74, 6) is 1.63. The van der Waals surface area contributed by atoms with E-state index in [4.69, 9.17) is 4.74 Å². The van der Waals surface area contributed by atoms with Gasteiger partial charge in [-0.2, -0.15) is 0 Å². The Bertz CT molecular complexity index is 1190. The summed E-state index contributed by atoms with van der Waals surface area (Å²) in [5.41, 5.74) is 3.07. The Morgan fingerprint density at radius 2 is 1.93 bits per heavy atom. The number of imidazole rings is 1. The highest BCUT2D eigenvalue weighted by atomic mass is 79.9. The predicted molar refractivity (Wildman–Crippen MR) is 110 cm³/mol.